The predicted molar refractivity (Wildman–Crippen MR) is 76.2 cm³/mol. The van der Waals surface area contributed by atoms with Crippen LogP contribution in [0.1, 0.15) is 32.3 Å². The van der Waals surface area contributed by atoms with E-state index in [0.29, 0.717) is 6.54 Å². The molecule has 2 aromatic rings. The molecule has 0 bridgehead atoms. The average molecular weight is 265 g/mol. The highest BCUT2D eigenvalue weighted by Crippen LogP contribution is 2.28. The Labute approximate surface area is 111 Å². The number of aromatic nitrogens is 2. The van der Waals surface area contributed by atoms with Gasteiger partial charge in [-0.3, -0.25) is 0 Å². The Balaban J connectivity index is 2.17. The van der Waals surface area contributed by atoms with Gasteiger partial charge in [0, 0.05) is 6.54 Å². The smallest absolute Gasteiger partial charge is 0.147 e. The fourth-order valence-electron chi connectivity index (χ4n) is 2.00. The minimum Gasteiger partial charge on any atom is -0.388 e. The Morgan fingerprint density at radius 3 is 2.94 bits per heavy atom. The molecule has 0 aliphatic rings. The van der Waals surface area contributed by atoms with Crippen molar-refractivity contribution >= 4 is 27.4 Å². The van der Waals surface area contributed by atoms with Gasteiger partial charge >= 0.3 is 0 Å². The molecule has 0 saturated heterocycles. The maximum Gasteiger partial charge on any atom is 0.147 e. The molecule has 0 spiro atoms. The van der Waals surface area contributed by atoms with Crippen molar-refractivity contribution in [3.63, 3.8) is 0 Å². The minimum atomic E-state index is -0.696. The van der Waals surface area contributed by atoms with E-state index in [1.807, 2.05) is 13.8 Å². The van der Waals surface area contributed by atoms with Gasteiger partial charge in [-0.2, -0.15) is 0 Å². The molecule has 18 heavy (non-hydrogen) atoms. The molecule has 0 aromatic carbocycles. The molecule has 2 N–H and O–H groups in total. The van der Waals surface area contributed by atoms with E-state index >= 15 is 0 Å². The van der Waals surface area contributed by atoms with E-state index in [0.717, 1.165) is 28.9 Å². The summed E-state index contributed by atoms with van der Waals surface area (Å²) in [6.07, 6.45) is 3.31. The van der Waals surface area contributed by atoms with Crippen molar-refractivity contribution in [2.45, 2.75) is 39.2 Å². The maximum absolute atomic E-state index is 10.2. The second-order valence-corrected chi connectivity index (χ2v) is 5.80. The van der Waals surface area contributed by atoms with E-state index in [4.69, 9.17) is 0 Å². The van der Waals surface area contributed by atoms with Gasteiger partial charge in [0.2, 0.25) is 0 Å². The molecule has 1 atom stereocenters. The Bertz CT molecular complexity index is 536. The predicted octanol–water partition coefficient (Wildman–Crippen LogP) is 2.96. The van der Waals surface area contributed by atoms with Crippen molar-refractivity contribution in [2.75, 3.05) is 11.9 Å². The third-order valence-corrected chi connectivity index (χ3v) is 4.05. The molecule has 0 radical (unpaired) electrons. The summed E-state index contributed by atoms with van der Waals surface area (Å²) in [5.74, 6) is 0.814. The average Bonchev–Trinajstić information content (AvgIpc) is 2.69. The molecular formula is C13H19N3OS. The van der Waals surface area contributed by atoms with Crippen LogP contribution in [0.15, 0.2) is 11.7 Å². The number of fused-ring (bicyclic) bond motifs is 1. The molecule has 1 unspecified atom stereocenters. The number of aliphatic hydroxyl groups is 1. The molecule has 0 saturated carbocycles. The number of nitrogens with one attached hydrogen (secondary N) is 1. The van der Waals surface area contributed by atoms with Crippen molar-refractivity contribution in [1.82, 2.24) is 9.97 Å². The van der Waals surface area contributed by atoms with Crippen LogP contribution in [0, 0.1) is 6.92 Å². The van der Waals surface area contributed by atoms with E-state index in [-0.39, 0.29) is 0 Å². The zero-order valence-electron chi connectivity index (χ0n) is 11.0. The quantitative estimate of drug-likeness (QED) is 0.872. The van der Waals surface area contributed by atoms with Crippen molar-refractivity contribution in [1.29, 1.82) is 0 Å². The van der Waals surface area contributed by atoms with Gasteiger partial charge in [0.15, 0.2) is 0 Å². The molecule has 2 aromatic heterocycles. The second-order valence-electron chi connectivity index (χ2n) is 4.92. The van der Waals surface area contributed by atoms with Crippen LogP contribution in [0.25, 0.3) is 10.2 Å². The summed E-state index contributed by atoms with van der Waals surface area (Å²) in [5.41, 5.74) is 1.46. The lowest BCUT2D eigenvalue weighted by Crippen LogP contribution is -2.33. The van der Waals surface area contributed by atoms with Crippen LogP contribution < -0.4 is 5.32 Å². The van der Waals surface area contributed by atoms with Crippen LogP contribution in [-0.4, -0.2) is 27.2 Å². The molecule has 0 fully saturated rings. The number of hydrogen-bond donors (Lipinski definition) is 2. The number of nitrogens with zero attached hydrogens (tertiary/aromatic N) is 2. The molecule has 0 aliphatic carbocycles. The van der Waals surface area contributed by atoms with E-state index in [2.05, 4.69) is 27.6 Å². The van der Waals surface area contributed by atoms with Gasteiger partial charge in [-0.15, -0.1) is 11.3 Å². The Hall–Kier alpha value is -1.20. The maximum atomic E-state index is 10.2. The topological polar surface area (TPSA) is 58.0 Å². The van der Waals surface area contributed by atoms with Gasteiger partial charge in [-0.1, -0.05) is 13.3 Å². The first-order chi connectivity index (χ1) is 8.53. The lowest BCUT2D eigenvalue weighted by Gasteiger charge is -2.23. The Morgan fingerprint density at radius 2 is 2.22 bits per heavy atom. The first-order valence-corrected chi connectivity index (χ1v) is 7.06. The zero-order valence-corrected chi connectivity index (χ0v) is 11.8. The highest BCUT2D eigenvalue weighted by atomic mass is 32.1. The molecule has 0 aliphatic heterocycles. The van der Waals surface area contributed by atoms with Crippen LogP contribution in [0.5, 0.6) is 0 Å². The highest BCUT2D eigenvalue weighted by Gasteiger charge is 2.19. The molecule has 0 amide bonds. The molecular weight excluding hydrogens is 246 g/mol. The first-order valence-electron chi connectivity index (χ1n) is 6.18. The Morgan fingerprint density at radius 1 is 1.44 bits per heavy atom. The summed E-state index contributed by atoms with van der Waals surface area (Å²) < 4.78 is 1.06. The van der Waals surface area contributed by atoms with Gasteiger partial charge in [0.25, 0.3) is 0 Å². The summed E-state index contributed by atoms with van der Waals surface area (Å²) in [6, 6.07) is 0. The molecule has 2 rings (SSSR count). The monoisotopic (exact) mass is 265 g/mol. The first kappa shape index (κ1) is 13.2. The minimum absolute atomic E-state index is 0.504. The number of anilines is 1. The van der Waals surface area contributed by atoms with E-state index in [9.17, 15) is 5.11 Å². The zero-order chi connectivity index (χ0) is 13.2. The van der Waals surface area contributed by atoms with Crippen molar-refractivity contribution in [3.05, 3.63) is 17.3 Å². The molecule has 2 heterocycles. The van der Waals surface area contributed by atoms with Crippen LogP contribution in [0.4, 0.5) is 5.82 Å². The van der Waals surface area contributed by atoms with Crippen molar-refractivity contribution in [3.8, 4) is 0 Å². The summed E-state index contributed by atoms with van der Waals surface area (Å²) >= 11 is 1.64. The van der Waals surface area contributed by atoms with Gasteiger partial charge in [-0.05, 0) is 31.2 Å². The van der Waals surface area contributed by atoms with Crippen LogP contribution in [-0.2, 0) is 0 Å². The van der Waals surface area contributed by atoms with Crippen LogP contribution in [0.2, 0.25) is 0 Å². The highest BCUT2D eigenvalue weighted by molar-refractivity contribution is 7.18. The normalized spacial score (nSPS) is 14.7. The van der Waals surface area contributed by atoms with Gasteiger partial charge < -0.3 is 10.4 Å². The summed E-state index contributed by atoms with van der Waals surface area (Å²) in [4.78, 5) is 8.54. The van der Waals surface area contributed by atoms with E-state index < -0.39 is 5.60 Å². The van der Waals surface area contributed by atoms with Crippen LogP contribution in [0.3, 0.4) is 0 Å². The third kappa shape index (κ3) is 2.79. The summed E-state index contributed by atoms with van der Waals surface area (Å²) in [7, 11) is 0. The SMILES string of the molecule is CCCC(C)(O)CNc1ncnc2c(C)csc12. The fourth-order valence-corrected chi connectivity index (χ4v) is 2.96. The largest absolute Gasteiger partial charge is 0.388 e. The fraction of sp³-hybridized carbons (Fsp3) is 0.538. The van der Waals surface area contributed by atoms with Crippen molar-refractivity contribution in [2.24, 2.45) is 0 Å². The number of aryl methyl sites for hydroxylation is 1. The Kier molecular flexibility index (Phi) is 3.82. The summed E-state index contributed by atoms with van der Waals surface area (Å²) in [6.45, 7) is 6.47. The number of rotatable bonds is 5. The standard InChI is InChI=1S/C13H19N3OS/c1-4-5-13(3,17)7-14-12-11-10(15-8-16-12)9(2)6-18-11/h6,8,17H,4-5,7H2,1-3H3,(H,14,15,16). The molecule has 5 heteroatoms. The lowest BCUT2D eigenvalue weighted by atomic mass is 10.0. The number of hydrogen-bond acceptors (Lipinski definition) is 5. The van der Waals surface area contributed by atoms with Gasteiger partial charge in [0.1, 0.15) is 12.1 Å². The summed E-state index contributed by atoms with van der Waals surface area (Å²) in [5, 5.41) is 15.5. The van der Waals surface area contributed by atoms with Crippen molar-refractivity contribution < 1.29 is 5.11 Å². The molecule has 98 valence electrons. The third-order valence-electron chi connectivity index (χ3n) is 2.96. The van der Waals surface area contributed by atoms with Gasteiger partial charge in [-0.25, -0.2) is 9.97 Å². The molecule has 4 nitrogen and oxygen atoms in total. The van der Waals surface area contributed by atoms with Gasteiger partial charge in [0.05, 0.1) is 15.8 Å². The second kappa shape index (κ2) is 5.20. The van der Waals surface area contributed by atoms with Crippen LogP contribution >= 0.6 is 11.3 Å². The number of thiophene rings is 1. The van der Waals surface area contributed by atoms with E-state index in [1.54, 1.807) is 17.7 Å². The van der Waals surface area contributed by atoms with E-state index in [1.165, 1.54) is 5.56 Å². The lowest BCUT2D eigenvalue weighted by molar-refractivity contribution is 0.0636.